The lowest BCUT2D eigenvalue weighted by atomic mass is 9.97. The van der Waals surface area contributed by atoms with Crippen molar-refractivity contribution in [3.05, 3.63) is 42.0 Å². The van der Waals surface area contributed by atoms with Gasteiger partial charge < -0.3 is 15.2 Å². The molecule has 3 heteroatoms. The van der Waals surface area contributed by atoms with Crippen LogP contribution in [-0.4, -0.2) is 24.9 Å². The van der Waals surface area contributed by atoms with E-state index in [2.05, 4.69) is 23.5 Å². The minimum Gasteiger partial charge on any atom is -0.496 e. The van der Waals surface area contributed by atoms with Crippen molar-refractivity contribution >= 4 is 10.8 Å². The van der Waals surface area contributed by atoms with Crippen molar-refractivity contribution in [1.82, 2.24) is 5.32 Å². The van der Waals surface area contributed by atoms with Crippen LogP contribution in [0.5, 0.6) is 5.75 Å². The molecule has 3 nitrogen and oxygen atoms in total. The Hall–Kier alpha value is -1.58. The number of hydrogen-bond acceptors (Lipinski definition) is 3. The van der Waals surface area contributed by atoms with Crippen LogP contribution < -0.4 is 10.1 Å². The quantitative estimate of drug-likeness (QED) is 0.850. The normalized spacial score (nSPS) is 23.4. The molecule has 1 saturated heterocycles. The first-order chi connectivity index (χ1) is 8.79. The predicted molar refractivity (Wildman–Crippen MR) is 71.9 cm³/mol. The number of aliphatic hydroxyl groups excluding tert-OH is 1. The van der Waals surface area contributed by atoms with E-state index in [0.717, 1.165) is 17.6 Å². The van der Waals surface area contributed by atoms with E-state index in [1.807, 2.05) is 18.2 Å². The monoisotopic (exact) mass is 243 g/mol. The maximum atomic E-state index is 9.65. The summed E-state index contributed by atoms with van der Waals surface area (Å²) < 4.78 is 5.40. The van der Waals surface area contributed by atoms with Gasteiger partial charge >= 0.3 is 0 Å². The zero-order valence-corrected chi connectivity index (χ0v) is 10.4. The van der Waals surface area contributed by atoms with E-state index >= 15 is 0 Å². The van der Waals surface area contributed by atoms with Gasteiger partial charge in [0.05, 0.1) is 13.2 Å². The maximum absolute atomic E-state index is 9.65. The van der Waals surface area contributed by atoms with Crippen LogP contribution in [0.2, 0.25) is 0 Å². The Morgan fingerprint density at radius 3 is 2.61 bits per heavy atom. The summed E-state index contributed by atoms with van der Waals surface area (Å²) in [6, 6.07) is 12.6. The molecule has 0 spiro atoms. The summed E-state index contributed by atoms with van der Waals surface area (Å²) in [5.74, 6) is 0.896. The summed E-state index contributed by atoms with van der Waals surface area (Å²) in [6.07, 6.45) is 0.534. The molecule has 2 unspecified atom stereocenters. The summed E-state index contributed by atoms with van der Waals surface area (Å²) >= 11 is 0. The smallest absolute Gasteiger partial charge is 0.126 e. The Morgan fingerprint density at radius 2 is 1.94 bits per heavy atom. The second kappa shape index (κ2) is 4.59. The van der Waals surface area contributed by atoms with Crippen LogP contribution in [0.3, 0.4) is 0 Å². The summed E-state index contributed by atoms with van der Waals surface area (Å²) in [4.78, 5) is 0. The molecule has 1 aliphatic rings. The fourth-order valence-electron chi connectivity index (χ4n) is 2.73. The second-order valence-corrected chi connectivity index (χ2v) is 4.75. The number of aliphatic hydroxyl groups is 1. The van der Waals surface area contributed by atoms with Crippen LogP contribution >= 0.6 is 0 Å². The highest BCUT2D eigenvalue weighted by Gasteiger charge is 2.25. The zero-order valence-electron chi connectivity index (χ0n) is 10.4. The van der Waals surface area contributed by atoms with E-state index in [4.69, 9.17) is 4.74 Å². The maximum Gasteiger partial charge on any atom is 0.126 e. The molecule has 94 valence electrons. The van der Waals surface area contributed by atoms with Crippen LogP contribution in [0.4, 0.5) is 0 Å². The topological polar surface area (TPSA) is 41.5 Å². The van der Waals surface area contributed by atoms with Gasteiger partial charge in [-0.05, 0) is 23.4 Å². The number of benzene rings is 2. The van der Waals surface area contributed by atoms with Gasteiger partial charge in [-0.2, -0.15) is 0 Å². The average Bonchev–Trinajstić information content (AvgIpc) is 2.84. The molecule has 0 aromatic heterocycles. The highest BCUT2D eigenvalue weighted by molar-refractivity contribution is 5.91. The molecule has 18 heavy (non-hydrogen) atoms. The van der Waals surface area contributed by atoms with Crippen molar-refractivity contribution in [2.45, 2.75) is 18.6 Å². The summed E-state index contributed by atoms with van der Waals surface area (Å²) in [5.41, 5.74) is 1.24. The number of hydrogen-bond donors (Lipinski definition) is 2. The van der Waals surface area contributed by atoms with Gasteiger partial charge in [-0.1, -0.05) is 30.3 Å². The number of ether oxygens (including phenoxy) is 1. The third-order valence-corrected chi connectivity index (χ3v) is 3.62. The van der Waals surface area contributed by atoms with Gasteiger partial charge in [0, 0.05) is 18.0 Å². The third kappa shape index (κ3) is 1.85. The van der Waals surface area contributed by atoms with Gasteiger partial charge in [0.25, 0.3) is 0 Å². The van der Waals surface area contributed by atoms with Gasteiger partial charge in [-0.25, -0.2) is 0 Å². The third-order valence-electron chi connectivity index (χ3n) is 3.62. The molecular formula is C15H17NO2. The Bertz CT molecular complexity index is 567. The lowest BCUT2D eigenvalue weighted by Crippen LogP contribution is -2.15. The number of fused-ring (bicyclic) bond motifs is 1. The molecule has 1 heterocycles. The van der Waals surface area contributed by atoms with E-state index in [-0.39, 0.29) is 12.1 Å². The van der Waals surface area contributed by atoms with E-state index in [1.54, 1.807) is 7.11 Å². The summed E-state index contributed by atoms with van der Waals surface area (Å²) in [7, 11) is 1.69. The average molecular weight is 243 g/mol. The molecule has 3 rings (SSSR count). The fraction of sp³-hybridized carbons (Fsp3) is 0.333. The summed E-state index contributed by atoms with van der Waals surface area (Å²) in [5, 5.41) is 15.3. The first-order valence-corrected chi connectivity index (χ1v) is 6.26. The molecule has 0 amide bonds. The Balaban J connectivity index is 2.13. The molecule has 2 N–H and O–H groups in total. The standard InChI is InChI=1S/C15H17NO2/c1-18-15-7-6-12(14-8-10(17)9-16-14)11-4-2-3-5-13(11)15/h2-7,10,14,16-17H,8-9H2,1H3. The van der Waals surface area contributed by atoms with Crippen LogP contribution in [-0.2, 0) is 0 Å². The molecule has 0 radical (unpaired) electrons. The highest BCUT2D eigenvalue weighted by Crippen LogP contribution is 2.34. The lowest BCUT2D eigenvalue weighted by Gasteiger charge is -2.15. The van der Waals surface area contributed by atoms with Gasteiger partial charge in [-0.15, -0.1) is 0 Å². The van der Waals surface area contributed by atoms with Crippen molar-refractivity contribution in [1.29, 1.82) is 0 Å². The summed E-state index contributed by atoms with van der Waals surface area (Å²) in [6.45, 7) is 0.672. The van der Waals surface area contributed by atoms with Crippen LogP contribution in [0.15, 0.2) is 36.4 Å². The Labute approximate surface area is 106 Å². The minimum absolute atomic E-state index is 0.232. The predicted octanol–water partition coefficient (Wildman–Crippen LogP) is 2.24. The van der Waals surface area contributed by atoms with Crippen molar-refractivity contribution < 1.29 is 9.84 Å². The molecule has 1 aliphatic heterocycles. The van der Waals surface area contributed by atoms with Gasteiger partial charge in [0.1, 0.15) is 5.75 Å². The SMILES string of the molecule is COc1ccc(C2CC(O)CN2)c2ccccc12. The van der Waals surface area contributed by atoms with Crippen LogP contribution in [0.1, 0.15) is 18.0 Å². The van der Waals surface area contributed by atoms with Crippen LogP contribution in [0, 0.1) is 0 Å². The second-order valence-electron chi connectivity index (χ2n) is 4.75. The van der Waals surface area contributed by atoms with Crippen molar-refractivity contribution in [3.63, 3.8) is 0 Å². The highest BCUT2D eigenvalue weighted by atomic mass is 16.5. The molecule has 0 saturated carbocycles. The molecule has 2 aromatic rings. The largest absolute Gasteiger partial charge is 0.496 e. The molecule has 2 atom stereocenters. The van der Waals surface area contributed by atoms with Crippen LogP contribution in [0.25, 0.3) is 10.8 Å². The van der Waals surface area contributed by atoms with E-state index in [9.17, 15) is 5.11 Å². The minimum atomic E-state index is -0.240. The van der Waals surface area contributed by atoms with Gasteiger partial charge in [0.15, 0.2) is 0 Å². The number of β-amino-alcohol motifs (C(OH)–C–C–N with tert-alkyl or cyclic N) is 1. The molecule has 1 fully saturated rings. The molecule has 2 aromatic carbocycles. The van der Waals surface area contributed by atoms with Crippen molar-refractivity contribution in [2.24, 2.45) is 0 Å². The Kier molecular flexibility index (Phi) is 2.94. The number of rotatable bonds is 2. The number of methoxy groups -OCH3 is 1. The zero-order chi connectivity index (χ0) is 12.5. The van der Waals surface area contributed by atoms with Crippen molar-refractivity contribution in [2.75, 3.05) is 13.7 Å². The van der Waals surface area contributed by atoms with E-state index in [0.29, 0.717) is 6.54 Å². The Morgan fingerprint density at radius 1 is 1.17 bits per heavy atom. The van der Waals surface area contributed by atoms with Gasteiger partial charge in [0.2, 0.25) is 0 Å². The molecule has 0 bridgehead atoms. The fourth-order valence-corrected chi connectivity index (χ4v) is 2.73. The van der Waals surface area contributed by atoms with Gasteiger partial charge in [-0.3, -0.25) is 0 Å². The van der Waals surface area contributed by atoms with Crippen molar-refractivity contribution in [3.8, 4) is 5.75 Å². The van der Waals surface area contributed by atoms with E-state index in [1.165, 1.54) is 10.9 Å². The first kappa shape index (κ1) is 11.5. The molecular weight excluding hydrogens is 226 g/mol. The van der Waals surface area contributed by atoms with E-state index < -0.39 is 0 Å². The lowest BCUT2D eigenvalue weighted by molar-refractivity contribution is 0.193. The number of nitrogens with one attached hydrogen (secondary N) is 1. The molecule has 0 aliphatic carbocycles. The first-order valence-electron chi connectivity index (χ1n) is 6.26.